The van der Waals surface area contributed by atoms with Crippen molar-refractivity contribution in [3.63, 3.8) is 0 Å². The number of carbonyl (C=O) groups excluding carboxylic acids is 1. The summed E-state index contributed by atoms with van der Waals surface area (Å²) in [4.78, 5) is 39.6. The Morgan fingerprint density at radius 1 is 0.952 bits per heavy atom. The SMILES string of the molecule is Cc1cn([C@H]2C[C@H](OC(=O)c3ccccc3)[C@@H](CO[P+](=S)OCC3c4ccccc4-c4ccccc43)O2)c(=O)[nH]c1=O. The lowest BCUT2D eigenvalue weighted by atomic mass is 9.98. The van der Waals surface area contributed by atoms with Gasteiger partial charge < -0.3 is 9.47 Å². The molecule has 2 heterocycles. The lowest BCUT2D eigenvalue weighted by Gasteiger charge is -2.17. The van der Waals surface area contributed by atoms with Crippen LogP contribution in [0.2, 0.25) is 0 Å². The van der Waals surface area contributed by atoms with Crippen molar-refractivity contribution in [3.05, 3.63) is 128 Å². The first-order valence-corrected chi connectivity index (χ1v) is 15.7. The molecule has 1 unspecified atom stereocenters. The van der Waals surface area contributed by atoms with Gasteiger partial charge in [0.25, 0.3) is 5.56 Å². The van der Waals surface area contributed by atoms with E-state index in [2.05, 4.69) is 29.2 Å². The summed E-state index contributed by atoms with van der Waals surface area (Å²) in [6.45, 7) is 1.95. The van der Waals surface area contributed by atoms with Gasteiger partial charge in [0.05, 0.1) is 5.56 Å². The van der Waals surface area contributed by atoms with Gasteiger partial charge in [-0.1, -0.05) is 66.7 Å². The lowest BCUT2D eigenvalue weighted by Crippen LogP contribution is -2.33. The van der Waals surface area contributed by atoms with E-state index in [-0.39, 0.29) is 18.9 Å². The second-order valence-corrected chi connectivity index (χ2v) is 12.1. The zero-order chi connectivity index (χ0) is 29.2. The van der Waals surface area contributed by atoms with Crippen LogP contribution in [0.1, 0.15) is 45.6 Å². The number of benzene rings is 3. The molecule has 2 aliphatic rings. The number of rotatable bonds is 9. The molecule has 0 spiro atoms. The van der Waals surface area contributed by atoms with Gasteiger partial charge in [-0.05, 0) is 41.3 Å². The van der Waals surface area contributed by atoms with E-state index in [1.807, 2.05) is 30.3 Å². The van der Waals surface area contributed by atoms with Gasteiger partial charge in [-0.2, -0.15) is 0 Å². The first kappa shape index (κ1) is 28.3. The molecule has 0 saturated carbocycles. The quantitative estimate of drug-likeness (QED) is 0.211. The molecule has 0 bridgehead atoms. The largest absolute Gasteiger partial charge is 0.521 e. The first-order chi connectivity index (χ1) is 20.4. The van der Waals surface area contributed by atoms with Gasteiger partial charge >= 0.3 is 18.8 Å². The highest BCUT2D eigenvalue weighted by molar-refractivity contribution is 8.00. The number of ether oxygens (including phenoxy) is 2. The van der Waals surface area contributed by atoms with Crippen LogP contribution in [0.5, 0.6) is 0 Å². The number of carbonyl (C=O) groups is 1. The first-order valence-electron chi connectivity index (χ1n) is 13.5. The number of aryl methyl sites for hydroxylation is 1. The summed E-state index contributed by atoms with van der Waals surface area (Å²) in [5, 5.41) is 0. The van der Waals surface area contributed by atoms with Crippen molar-refractivity contribution in [1.29, 1.82) is 0 Å². The molecule has 9 nitrogen and oxygen atoms in total. The summed E-state index contributed by atoms with van der Waals surface area (Å²) in [6, 6.07) is 25.1. The Hall–Kier alpha value is -3.79. The minimum absolute atomic E-state index is 0.00658. The molecule has 6 rings (SSSR count). The van der Waals surface area contributed by atoms with E-state index in [1.54, 1.807) is 31.2 Å². The van der Waals surface area contributed by atoms with Gasteiger partial charge in [0.15, 0.2) is 0 Å². The molecule has 1 N–H and O–H groups in total. The molecule has 4 atom stereocenters. The number of aromatic amines is 1. The zero-order valence-corrected chi connectivity index (χ0v) is 24.4. The van der Waals surface area contributed by atoms with Crippen LogP contribution in [-0.4, -0.2) is 40.9 Å². The third-order valence-corrected chi connectivity index (χ3v) is 8.91. The van der Waals surface area contributed by atoms with E-state index in [1.165, 1.54) is 33.0 Å². The Morgan fingerprint density at radius 2 is 1.57 bits per heavy atom. The Bertz CT molecular complexity index is 1710. The molecular formula is C31H28N2O7PS+. The van der Waals surface area contributed by atoms with E-state index < -0.39 is 42.8 Å². The molecule has 3 aromatic carbocycles. The highest BCUT2D eigenvalue weighted by Crippen LogP contribution is 2.45. The topological polar surface area (TPSA) is 109 Å². The third kappa shape index (κ3) is 5.77. The van der Waals surface area contributed by atoms with Crippen LogP contribution in [0.3, 0.4) is 0 Å². The molecule has 1 saturated heterocycles. The van der Waals surface area contributed by atoms with Crippen LogP contribution in [0.25, 0.3) is 11.1 Å². The summed E-state index contributed by atoms with van der Waals surface area (Å²) >= 11 is 5.54. The van der Waals surface area contributed by atoms with Crippen molar-refractivity contribution in [3.8, 4) is 11.1 Å². The van der Waals surface area contributed by atoms with Crippen molar-refractivity contribution in [2.24, 2.45) is 0 Å². The fraction of sp³-hybridized carbons (Fsp3) is 0.258. The van der Waals surface area contributed by atoms with Crippen molar-refractivity contribution >= 4 is 24.9 Å². The van der Waals surface area contributed by atoms with Gasteiger partial charge in [0.2, 0.25) is 11.8 Å². The summed E-state index contributed by atoms with van der Waals surface area (Å²) in [6.07, 6.45) is -0.603. The van der Waals surface area contributed by atoms with Crippen LogP contribution < -0.4 is 11.2 Å². The second-order valence-electron chi connectivity index (χ2n) is 10.2. The highest BCUT2D eigenvalue weighted by atomic mass is 32.4. The molecule has 1 fully saturated rings. The summed E-state index contributed by atoms with van der Waals surface area (Å²) in [7, 11) is -1.71. The molecule has 1 aromatic heterocycles. The smallest absolute Gasteiger partial charge is 0.456 e. The number of nitrogens with zero attached hydrogens (tertiary/aromatic N) is 1. The molecule has 1 aliphatic carbocycles. The number of esters is 1. The van der Waals surface area contributed by atoms with Gasteiger partial charge in [-0.3, -0.25) is 14.3 Å². The number of hydrogen-bond acceptors (Lipinski definition) is 8. The van der Waals surface area contributed by atoms with E-state index in [0.717, 1.165) is 0 Å². The second kappa shape index (κ2) is 12.2. The van der Waals surface area contributed by atoms with Gasteiger partial charge in [0, 0.05) is 24.1 Å². The number of fused-ring (bicyclic) bond motifs is 3. The standard InChI is InChI=1S/C31H27N2O7PS/c1-19-16-33(31(36)32-29(19)34)28-15-26(40-30(35)20-9-3-2-4-10-20)27(39-28)18-38-41(42)37-17-25-23-13-7-5-11-21(23)22-12-6-8-14-24(22)25/h2-14,16,25-28H,15,17-18H2,1H3/p+1/t26-,27+,28+/m0/s1. The number of nitrogens with one attached hydrogen (secondary N) is 1. The van der Waals surface area contributed by atoms with Gasteiger partial charge in [0.1, 0.15) is 31.6 Å². The average Bonchev–Trinajstić information content (AvgIpc) is 3.55. The van der Waals surface area contributed by atoms with Crippen molar-refractivity contribution in [1.82, 2.24) is 9.55 Å². The van der Waals surface area contributed by atoms with Crippen molar-refractivity contribution in [2.75, 3.05) is 13.2 Å². The number of aromatic nitrogens is 2. The molecule has 214 valence electrons. The fourth-order valence-corrected chi connectivity index (χ4v) is 6.45. The molecule has 0 radical (unpaired) electrons. The molecule has 11 heteroatoms. The minimum atomic E-state index is -1.71. The van der Waals surface area contributed by atoms with Crippen LogP contribution in [0.4, 0.5) is 0 Å². The summed E-state index contributed by atoms with van der Waals surface area (Å²) < 4.78 is 25.2. The average molecular weight is 604 g/mol. The maximum absolute atomic E-state index is 12.9. The zero-order valence-electron chi connectivity index (χ0n) is 22.7. The maximum atomic E-state index is 12.9. The van der Waals surface area contributed by atoms with Crippen LogP contribution in [0.15, 0.2) is 94.6 Å². The lowest BCUT2D eigenvalue weighted by molar-refractivity contribution is -0.0473. The van der Waals surface area contributed by atoms with Crippen LogP contribution in [-0.2, 0) is 30.3 Å². The van der Waals surface area contributed by atoms with Crippen molar-refractivity contribution < 1.29 is 23.3 Å². The Labute approximate surface area is 247 Å². The van der Waals surface area contributed by atoms with Gasteiger partial charge in [-0.15, -0.1) is 9.05 Å². The van der Waals surface area contributed by atoms with E-state index in [0.29, 0.717) is 17.7 Å². The molecule has 42 heavy (non-hydrogen) atoms. The Kier molecular flexibility index (Phi) is 8.24. The number of H-pyrrole nitrogens is 1. The fourth-order valence-electron chi connectivity index (χ4n) is 5.47. The molecule has 4 aromatic rings. The van der Waals surface area contributed by atoms with Crippen LogP contribution in [0, 0.1) is 6.92 Å². The molecule has 1 aliphatic heterocycles. The third-order valence-electron chi connectivity index (χ3n) is 7.56. The molecular weight excluding hydrogens is 575 g/mol. The maximum Gasteiger partial charge on any atom is 0.521 e. The summed E-state index contributed by atoms with van der Waals surface area (Å²) in [5.74, 6) is -0.480. The van der Waals surface area contributed by atoms with E-state index >= 15 is 0 Å². The number of hydrogen-bond donors (Lipinski definition) is 1. The van der Waals surface area contributed by atoms with E-state index in [4.69, 9.17) is 30.3 Å². The Morgan fingerprint density at radius 3 is 2.26 bits per heavy atom. The Balaban J connectivity index is 1.14. The van der Waals surface area contributed by atoms with Crippen LogP contribution >= 0.6 is 7.15 Å². The van der Waals surface area contributed by atoms with E-state index in [9.17, 15) is 14.4 Å². The molecule has 0 amide bonds. The highest BCUT2D eigenvalue weighted by Gasteiger charge is 2.41. The summed E-state index contributed by atoms with van der Waals surface area (Å²) in [5.41, 5.74) is 4.42. The van der Waals surface area contributed by atoms with Crippen molar-refractivity contribution in [2.45, 2.75) is 37.7 Å². The van der Waals surface area contributed by atoms with Gasteiger partial charge in [-0.25, -0.2) is 9.59 Å². The predicted octanol–water partition coefficient (Wildman–Crippen LogP) is 4.98. The predicted molar refractivity (Wildman–Crippen MR) is 160 cm³/mol. The monoisotopic (exact) mass is 603 g/mol. The minimum Gasteiger partial charge on any atom is -0.456 e. The normalized spacial score (nSPS) is 19.7.